The van der Waals surface area contributed by atoms with Crippen molar-refractivity contribution in [2.45, 2.75) is 11.2 Å². The first kappa shape index (κ1) is 73.9. The second-order valence-corrected chi connectivity index (χ2v) is 29.2. The summed E-state index contributed by atoms with van der Waals surface area (Å²) in [6.45, 7) is 0. The highest BCUT2D eigenvalue weighted by Crippen LogP contribution is 2.55. The van der Waals surface area contributed by atoms with E-state index in [2.05, 4.69) is 286 Å². The van der Waals surface area contributed by atoms with Crippen LogP contribution >= 0.6 is 47.8 Å². The van der Waals surface area contributed by atoms with Crippen molar-refractivity contribution in [2.24, 2.45) is 0 Å². The lowest BCUT2D eigenvalue weighted by molar-refractivity contribution is 0.0747. The van der Waals surface area contributed by atoms with E-state index >= 15 is 0 Å². The van der Waals surface area contributed by atoms with Crippen LogP contribution in [-0.2, 0) is 11.2 Å². The smallest absolute Gasteiger partial charge is 0.194 e. The molecule has 0 spiro atoms. The predicted octanol–water partition coefficient (Wildman–Crippen LogP) is 26.6. The first-order valence-corrected chi connectivity index (χ1v) is 38.8. The number of hydrogen-bond acceptors (Lipinski definition) is 8. The van der Waals surface area contributed by atoms with Crippen LogP contribution in [0.25, 0.3) is 0 Å². The van der Waals surface area contributed by atoms with Gasteiger partial charge in [0, 0.05) is 109 Å². The molecule has 18 rings (SSSR count). The van der Waals surface area contributed by atoms with Crippen LogP contribution in [0.1, 0.15) is 65.2 Å². The lowest BCUT2D eigenvalue weighted by Crippen LogP contribution is -2.44. The zero-order valence-corrected chi connectivity index (χ0v) is 64.9. The molecule has 16 aromatic carbocycles. The zero-order chi connectivity index (χ0) is 76.1. The molecule has 0 heterocycles. The standard InChI is InChI=1S/C50H37BrN2O2.C18H14BrN.C18H15N.C14H7BrO2/c51-38-29-34-47-48(35-38)50(55,37-27-32-44(33-28-37)53(41-19-9-3-10-20-41)42-21-11-4-12-22-42)46-24-14-13-23-45(46)49(47,54)36-25-30-43(31-26-36)52(39-15-5-1-6-16-39)40-17-7-2-8-18-40;19-15-11-13-18(14-12-15)20(16-7-3-1-4-8-16)17-9-5-2-6-10-17;1-4-10-16(11-5-1)19(17-12-6-2-7-13-17)18-14-8-3-9-15-18;15-8-5-6-11-12(7-8)14(17)10-4-2-1-3-9(10)13(11)16/h1-35,54-55H;1-14H;1-15H;1-7H. The van der Waals surface area contributed by atoms with E-state index in [0.717, 1.165) is 64.6 Å². The molecule has 0 saturated heterocycles. The van der Waals surface area contributed by atoms with Gasteiger partial charge in [-0.25, -0.2) is 0 Å². The number of halogens is 3. The van der Waals surface area contributed by atoms with Crippen LogP contribution < -0.4 is 19.6 Å². The first-order chi connectivity index (χ1) is 54.4. The number of benzene rings is 16. The molecule has 2 N–H and O–H groups in total. The molecular formula is C100H73Br3N4O4. The maximum absolute atomic E-state index is 13.2. The van der Waals surface area contributed by atoms with Crippen LogP contribution in [0.15, 0.2) is 444 Å². The van der Waals surface area contributed by atoms with Gasteiger partial charge in [0.1, 0.15) is 11.2 Å². The van der Waals surface area contributed by atoms with Gasteiger partial charge in [-0.15, -0.1) is 0 Å². The number of fused-ring (bicyclic) bond motifs is 4. The Morgan fingerprint density at radius 3 is 0.703 bits per heavy atom. The Bertz CT molecular complexity index is 5600. The van der Waals surface area contributed by atoms with Gasteiger partial charge in [0.15, 0.2) is 11.6 Å². The summed E-state index contributed by atoms with van der Waals surface area (Å²) < 4.78 is 2.69. The van der Waals surface area contributed by atoms with Crippen molar-refractivity contribution in [3.8, 4) is 0 Å². The average molecular weight is 1630 g/mol. The van der Waals surface area contributed by atoms with Crippen LogP contribution in [-0.4, -0.2) is 21.8 Å². The minimum atomic E-state index is -1.57. The normalized spacial score (nSPS) is 14.1. The summed E-state index contributed by atoms with van der Waals surface area (Å²) in [5.41, 5.74) is 15.7. The number of hydrogen-bond donors (Lipinski definition) is 2. The quantitative estimate of drug-likeness (QED) is 0.111. The van der Waals surface area contributed by atoms with Gasteiger partial charge in [-0.1, -0.05) is 290 Å². The van der Waals surface area contributed by atoms with E-state index in [9.17, 15) is 19.8 Å². The van der Waals surface area contributed by atoms with Crippen molar-refractivity contribution in [2.75, 3.05) is 19.6 Å². The molecule has 0 aliphatic heterocycles. The van der Waals surface area contributed by atoms with Gasteiger partial charge in [-0.2, -0.15) is 0 Å². The van der Waals surface area contributed by atoms with Gasteiger partial charge in [0.05, 0.1) is 0 Å². The number of rotatable bonds is 14. The molecule has 8 nitrogen and oxygen atoms in total. The predicted molar refractivity (Wildman–Crippen MR) is 464 cm³/mol. The largest absolute Gasteiger partial charge is 0.376 e. The van der Waals surface area contributed by atoms with Crippen molar-refractivity contribution in [3.63, 3.8) is 0 Å². The molecule has 16 aromatic rings. The van der Waals surface area contributed by atoms with E-state index in [-0.39, 0.29) is 11.6 Å². The Balaban J connectivity index is 0.000000140. The molecule has 111 heavy (non-hydrogen) atoms. The van der Waals surface area contributed by atoms with Crippen LogP contribution in [0.4, 0.5) is 68.2 Å². The Labute approximate surface area is 672 Å². The van der Waals surface area contributed by atoms with Crippen molar-refractivity contribution in [3.05, 3.63) is 500 Å². The van der Waals surface area contributed by atoms with Crippen LogP contribution in [0, 0.1) is 0 Å². The molecule has 2 atom stereocenters. The van der Waals surface area contributed by atoms with Crippen molar-refractivity contribution >= 4 is 128 Å². The summed E-state index contributed by atoms with van der Waals surface area (Å²) >= 11 is 10.5. The second kappa shape index (κ2) is 33.9. The average Bonchev–Trinajstić information content (AvgIpc) is 0.692. The lowest BCUT2D eigenvalue weighted by Gasteiger charge is -2.45. The highest BCUT2D eigenvalue weighted by atomic mass is 79.9. The molecule has 0 amide bonds. The summed E-state index contributed by atoms with van der Waals surface area (Å²) in [5.74, 6) is -0.167. The van der Waals surface area contributed by atoms with E-state index in [4.69, 9.17) is 0 Å². The minimum Gasteiger partial charge on any atom is -0.376 e. The Hall–Kier alpha value is -12.6. The van der Waals surface area contributed by atoms with E-state index in [1.165, 1.54) is 17.1 Å². The summed E-state index contributed by atoms with van der Waals surface area (Å²) in [4.78, 5) is 33.3. The fourth-order valence-corrected chi connectivity index (χ4v) is 15.5. The van der Waals surface area contributed by atoms with E-state index in [1.807, 2.05) is 170 Å². The lowest BCUT2D eigenvalue weighted by atomic mass is 9.63. The molecule has 0 fully saturated rings. The molecule has 11 heteroatoms. The topological polar surface area (TPSA) is 87.6 Å². The third-order valence-corrected chi connectivity index (χ3v) is 21.2. The van der Waals surface area contributed by atoms with Gasteiger partial charge >= 0.3 is 0 Å². The number of para-hydroxylation sites is 9. The molecule has 0 saturated carbocycles. The van der Waals surface area contributed by atoms with E-state index in [1.54, 1.807) is 42.5 Å². The number of carbonyl (C=O) groups excluding carboxylic acids is 2. The van der Waals surface area contributed by atoms with Crippen molar-refractivity contribution < 1.29 is 19.8 Å². The summed E-state index contributed by atoms with van der Waals surface area (Å²) in [6, 6.07) is 143. The molecule has 2 unspecified atom stereocenters. The molecule has 2 aliphatic rings. The maximum atomic E-state index is 13.2. The first-order valence-electron chi connectivity index (χ1n) is 36.4. The molecule has 2 aliphatic carbocycles. The van der Waals surface area contributed by atoms with Gasteiger partial charge in [-0.3, -0.25) is 9.59 Å². The van der Waals surface area contributed by atoms with Crippen LogP contribution in [0.2, 0.25) is 0 Å². The second-order valence-electron chi connectivity index (χ2n) is 26.5. The van der Waals surface area contributed by atoms with Gasteiger partial charge in [0.2, 0.25) is 0 Å². The van der Waals surface area contributed by atoms with Gasteiger partial charge in [0.25, 0.3) is 0 Å². The Morgan fingerprint density at radius 2 is 0.396 bits per heavy atom. The summed E-state index contributed by atoms with van der Waals surface area (Å²) in [7, 11) is 0. The molecule has 0 radical (unpaired) electrons. The zero-order valence-electron chi connectivity index (χ0n) is 60.1. The number of ketones is 2. The third-order valence-electron chi connectivity index (χ3n) is 19.7. The van der Waals surface area contributed by atoms with Crippen molar-refractivity contribution in [1.82, 2.24) is 0 Å². The summed E-state index contributed by atoms with van der Waals surface area (Å²) in [5, 5.41) is 26.4. The fourth-order valence-electron chi connectivity index (χ4n) is 14.5. The van der Waals surface area contributed by atoms with E-state index in [0.29, 0.717) is 55.6 Å². The third kappa shape index (κ3) is 15.7. The van der Waals surface area contributed by atoms with Gasteiger partial charge in [-0.05, 0) is 216 Å². The van der Waals surface area contributed by atoms with E-state index < -0.39 is 11.2 Å². The van der Waals surface area contributed by atoms with Crippen molar-refractivity contribution in [1.29, 1.82) is 0 Å². The SMILES string of the molecule is Brc1ccc(N(c2ccccc2)c2ccccc2)cc1.O=C1c2ccccc2C(=O)c2cc(Br)ccc21.OC1(c2ccc(N(c3ccccc3)c3ccccc3)cc2)c2ccccc2C(O)(c2ccc(N(c3ccccc3)c3ccccc3)cc2)c2cc(Br)ccc21.c1ccc(N(c2ccccc2)c2ccccc2)cc1. The van der Waals surface area contributed by atoms with Crippen LogP contribution in [0.3, 0.4) is 0 Å². The maximum Gasteiger partial charge on any atom is 0.194 e. The molecular weight excluding hydrogens is 1560 g/mol. The van der Waals surface area contributed by atoms with Gasteiger partial charge < -0.3 is 29.8 Å². The molecule has 0 bridgehead atoms. The Kier molecular flexibility index (Phi) is 22.6. The highest BCUT2D eigenvalue weighted by molar-refractivity contribution is 9.11. The minimum absolute atomic E-state index is 0.0808. The molecule has 538 valence electrons. The highest BCUT2D eigenvalue weighted by Gasteiger charge is 2.51. The fraction of sp³-hybridized carbons (Fsp3) is 0.0200. The number of anilines is 12. The number of nitrogens with zero attached hydrogens (tertiary/aromatic N) is 4. The summed E-state index contributed by atoms with van der Waals surface area (Å²) in [6.07, 6.45) is 0. The van der Waals surface area contributed by atoms with Crippen LogP contribution in [0.5, 0.6) is 0 Å². The number of carbonyl (C=O) groups is 2. The molecule has 0 aromatic heterocycles. The number of aliphatic hydroxyl groups is 2. The Morgan fingerprint density at radius 1 is 0.189 bits per heavy atom. The monoisotopic (exact) mass is 1630 g/mol.